The monoisotopic (exact) mass is 84.0 g/mol. The average Bonchev–Trinajstić information content (AvgIpc) is 1.00. The zero-order chi connectivity index (χ0) is 2.00. The minimum absolute atomic E-state index is 0. The van der Waals surface area contributed by atoms with E-state index in [9.17, 15) is 0 Å². The summed E-state index contributed by atoms with van der Waals surface area (Å²) >= 11 is 0. The Bertz CT molecular complexity index is 8.00. The second-order valence-electron chi connectivity index (χ2n) is 0. The third-order valence-electron chi connectivity index (χ3n) is 0. The van der Waals surface area contributed by atoms with Crippen molar-refractivity contribution in [2.24, 2.45) is 0 Å². The van der Waals surface area contributed by atoms with Crippen LogP contribution in [0.3, 0.4) is 0 Å². The van der Waals surface area contributed by atoms with E-state index in [1.165, 1.54) is 0 Å². The first-order chi connectivity index (χ1) is 1.00. The Morgan fingerprint density at radius 3 is 1.25 bits per heavy atom. The van der Waals surface area contributed by atoms with Gasteiger partial charge in [-0.15, -0.1) is 0 Å². The Kier molecular flexibility index (Phi) is 150. The molecule has 0 aliphatic carbocycles. The normalized spacial score (nSPS) is 1.00. The molecule has 0 bridgehead atoms. The van der Waals surface area contributed by atoms with E-state index in [4.69, 9.17) is 4.46 Å². The molecule has 0 aromatic carbocycles. The summed E-state index contributed by atoms with van der Waals surface area (Å²) in [5.41, 5.74) is 0. The predicted molar refractivity (Wildman–Crippen MR) is 26.3 cm³/mol. The molecule has 0 unspecified atom stereocenters. The summed E-state index contributed by atoms with van der Waals surface area (Å²) in [6, 6.07) is 0. The van der Waals surface area contributed by atoms with Crippen LogP contribution in [0.1, 0.15) is 0 Å². The molecule has 4 heavy (non-hydrogen) atoms. The number of hydrogen-bond donors (Lipinski definition) is 0. The molecular weight excluding hydrogens is 78.0 g/mol. The van der Waals surface area contributed by atoms with Crippen molar-refractivity contribution in [2.45, 2.75) is 0 Å². The van der Waals surface area contributed by atoms with Gasteiger partial charge in [-0.05, 0) is 0 Å². The van der Waals surface area contributed by atoms with E-state index in [0.29, 0.717) is 10.1 Å². The molecule has 4 heteroatoms. The third-order valence-corrected chi connectivity index (χ3v) is 0. The maximum absolute atomic E-state index is 8.28. The van der Waals surface area contributed by atoms with Crippen LogP contribution in [-0.4, -0.2) is 46.4 Å². The van der Waals surface area contributed by atoms with Crippen molar-refractivity contribution in [2.75, 3.05) is 0 Å². The molecule has 0 radical (unpaired) electrons. The molecule has 0 aliphatic rings. The van der Waals surface area contributed by atoms with Crippen LogP contribution in [0.2, 0.25) is 0 Å². The Balaban J connectivity index is -0.00000000500. The zero-order valence-corrected chi connectivity index (χ0v) is 2.53. The summed E-state index contributed by atoms with van der Waals surface area (Å²) in [5.74, 6) is 0. The quantitative estimate of drug-likeness (QED) is 0.288. The maximum atomic E-state index is 8.28. The van der Waals surface area contributed by atoms with Gasteiger partial charge in [-0.2, -0.15) is 0 Å². The SMILES string of the molecule is O=[SiH2].[AlH3].[LiH]. The third kappa shape index (κ3) is 11.0. The van der Waals surface area contributed by atoms with Gasteiger partial charge in [0.25, 0.3) is 0 Å². The van der Waals surface area contributed by atoms with Gasteiger partial charge in [0.15, 0.2) is 17.4 Å². The molecule has 0 atom stereocenters. The molecular formula is H6AlLiOSi. The Labute approximate surface area is 50.9 Å². The van der Waals surface area contributed by atoms with Crippen molar-refractivity contribution >= 4 is 46.4 Å². The number of hydrogen-bond acceptors (Lipinski definition) is 1. The van der Waals surface area contributed by atoms with Gasteiger partial charge in [0.2, 0.25) is 10.1 Å². The molecule has 0 aromatic rings. The first-order valence-electron chi connectivity index (χ1n) is 0.289. The first-order valence-corrected chi connectivity index (χ1v) is 0.866. The van der Waals surface area contributed by atoms with Crippen LogP contribution in [0.4, 0.5) is 0 Å². The standard InChI is InChI=1S/Al.Li.H2OSi.4H/c;;1-2;;;;/h;;2H2;;;;. The summed E-state index contributed by atoms with van der Waals surface area (Å²) in [7, 11) is 0.611. The van der Waals surface area contributed by atoms with Crippen LogP contribution in [0.15, 0.2) is 0 Å². The van der Waals surface area contributed by atoms with Gasteiger partial charge in [-0.1, -0.05) is 0 Å². The van der Waals surface area contributed by atoms with E-state index < -0.39 is 0 Å². The van der Waals surface area contributed by atoms with Crippen molar-refractivity contribution in [3.63, 3.8) is 0 Å². The molecule has 1 nitrogen and oxygen atoms in total. The molecule has 0 aromatic heterocycles. The van der Waals surface area contributed by atoms with Crippen molar-refractivity contribution in [3.05, 3.63) is 0 Å². The van der Waals surface area contributed by atoms with Crippen molar-refractivity contribution in [1.82, 2.24) is 0 Å². The van der Waals surface area contributed by atoms with Gasteiger partial charge in [-0.3, -0.25) is 0 Å². The summed E-state index contributed by atoms with van der Waals surface area (Å²) < 4.78 is 8.28. The van der Waals surface area contributed by atoms with Crippen LogP contribution in [0, 0.1) is 0 Å². The van der Waals surface area contributed by atoms with E-state index in [1.807, 2.05) is 0 Å². The molecule has 0 amide bonds. The fourth-order valence-corrected chi connectivity index (χ4v) is 0. The zero-order valence-electron chi connectivity index (χ0n) is 1.12. The van der Waals surface area contributed by atoms with Crippen molar-refractivity contribution in [1.29, 1.82) is 0 Å². The van der Waals surface area contributed by atoms with Gasteiger partial charge < -0.3 is 4.46 Å². The van der Waals surface area contributed by atoms with Crippen molar-refractivity contribution < 1.29 is 4.46 Å². The number of rotatable bonds is 0. The second-order valence-corrected chi connectivity index (χ2v) is 0. The summed E-state index contributed by atoms with van der Waals surface area (Å²) in [6.45, 7) is 0. The van der Waals surface area contributed by atoms with E-state index in [0.717, 1.165) is 0 Å². The van der Waals surface area contributed by atoms with E-state index in [2.05, 4.69) is 0 Å². The summed E-state index contributed by atoms with van der Waals surface area (Å²) in [4.78, 5) is 0. The van der Waals surface area contributed by atoms with Crippen LogP contribution in [0.25, 0.3) is 0 Å². The van der Waals surface area contributed by atoms with Gasteiger partial charge in [0.1, 0.15) is 0 Å². The molecule has 20 valence electrons. The van der Waals surface area contributed by atoms with Gasteiger partial charge in [-0.25, -0.2) is 0 Å². The van der Waals surface area contributed by atoms with Gasteiger partial charge in [0.05, 0.1) is 0 Å². The average molecular weight is 84.1 g/mol. The predicted octanol–water partition coefficient (Wildman–Crippen LogP) is -2.87. The molecule has 0 rings (SSSR count). The van der Waals surface area contributed by atoms with Crippen LogP contribution < -0.4 is 0 Å². The fourth-order valence-electron chi connectivity index (χ4n) is 0. The van der Waals surface area contributed by atoms with E-state index in [-0.39, 0.29) is 36.2 Å². The van der Waals surface area contributed by atoms with Crippen LogP contribution in [-0.2, 0) is 4.46 Å². The molecule has 0 saturated carbocycles. The Morgan fingerprint density at radius 1 is 1.25 bits per heavy atom. The summed E-state index contributed by atoms with van der Waals surface area (Å²) in [6.07, 6.45) is 0. The molecule has 0 saturated heterocycles. The Hall–Kier alpha value is 1.15. The molecule has 0 aliphatic heterocycles. The van der Waals surface area contributed by atoms with Crippen LogP contribution >= 0.6 is 0 Å². The molecule has 0 fully saturated rings. The molecule has 0 N–H and O–H groups in total. The minimum atomic E-state index is 0. The van der Waals surface area contributed by atoms with Gasteiger partial charge >= 0.3 is 18.9 Å². The van der Waals surface area contributed by atoms with Gasteiger partial charge in [0, 0.05) is 0 Å². The molecule has 0 heterocycles. The molecule has 0 spiro atoms. The topological polar surface area (TPSA) is 17.1 Å². The van der Waals surface area contributed by atoms with Crippen molar-refractivity contribution in [3.8, 4) is 0 Å². The Morgan fingerprint density at radius 2 is 1.25 bits per heavy atom. The second kappa shape index (κ2) is 31.2. The van der Waals surface area contributed by atoms with E-state index >= 15 is 0 Å². The first kappa shape index (κ1) is 19.2. The summed E-state index contributed by atoms with van der Waals surface area (Å²) in [5, 5.41) is 0. The van der Waals surface area contributed by atoms with Crippen LogP contribution in [0.5, 0.6) is 0 Å². The fraction of sp³-hybridized carbons (Fsp3) is 0. The van der Waals surface area contributed by atoms with E-state index in [1.54, 1.807) is 0 Å².